The molecule has 0 radical (unpaired) electrons. The molecule has 1 saturated heterocycles. The molecule has 0 aromatic heterocycles. The first-order valence-corrected chi connectivity index (χ1v) is 6.04. The first-order chi connectivity index (χ1) is 6.79. The van der Waals surface area contributed by atoms with E-state index in [4.69, 9.17) is 15.9 Å². The zero-order chi connectivity index (χ0) is 10.2. The Labute approximate surface area is 89.7 Å². The second kappa shape index (κ2) is 7.09. The molecule has 0 aliphatic carbocycles. The fourth-order valence-electron chi connectivity index (χ4n) is 1.44. The summed E-state index contributed by atoms with van der Waals surface area (Å²) in [4.78, 5) is 2.43. The van der Waals surface area contributed by atoms with Crippen molar-refractivity contribution >= 4 is 16.9 Å². The summed E-state index contributed by atoms with van der Waals surface area (Å²) in [7, 11) is 0. The van der Waals surface area contributed by atoms with Gasteiger partial charge in [-0.15, -0.1) is 0 Å². The highest BCUT2D eigenvalue weighted by Gasteiger charge is 2.08. The minimum atomic E-state index is 0.233. The summed E-state index contributed by atoms with van der Waals surface area (Å²) in [6.45, 7) is 5.05. The zero-order valence-corrected chi connectivity index (χ0v) is 9.31. The van der Waals surface area contributed by atoms with Crippen molar-refractivity contribution in [3.8, 4) is 0 Å². The maximum Gasteiger partial charge on any atom is 0.151 e. The summed E-state index contributed by atoms with van der Waals surface area (Å²) >= 11 is 1.44. The fraction of sp³-hybridized carbons (Fsp3) is 0.889. The van der Waals surface area contributed by atoms with Gasteiger partial charge in [0.2, 0.25) is 0 Å². The fourth-order valence-corrected chi connectivity index (χ4v) is 2.01. The molecule has 14 heavy (non-hydrogen) atoms. The molecule has 0 aromatic rings. The highest BCUT2D eigenvalue weighted by Crippen LogP contribution is 2.05. The van der Waals surface area contributed by atoms with Crippen LogP contribution in [0.5, 0.6) is 0 Å². The lowest BCUT2D eigenvalue weighted by atomic mass is 10.3. The Morgan fingerprint density at radius 2 is 2.07 bits per heavy atom. The van der Waals surface area contributed by atoms with Gasteiger partial charge in [0.05, 0.1) is 13.2 Å². The highest BCUT2D eigenvalue weighted by molar-refractivity contribution is 8.13. The number of rotatable bonds is 5. The summed E-state index contributed by atoms with van der Waals surface area (Å²) in [5.41, 5.74) is 5.24. The molecule has 0 amide bonds. The average molecular weight is 217 g/mol. The van der Waals surface area contributed by atoms with Crippen LogP contribution < -0.4 is 5.73 Å². The molecule has 0 atom stereocenters. The van der Waals surface area contributed by atoms with E-state index in [0.29, 0.717) is 0 Å². The van der Waals surface area contributed by atoms with Crippen LogP contribution in [0, 0.1) is 5.41 Å². The van der Waals surface area contributed by atoms with Gasteiger partial charge in [0.15, 0.2) is 5.17 Å². The number of thioether (sulfide) groups is 1. The molecule has 1 fully saturated rings. The van der Waals surface area contributed by atoms with Crippen molar-refractivity contribution in [2.75, 3.05) is 38.6 Å². The number of ether oxygens (including phenoxy) is 1. The van der Waals surface area contributed by atoms with Crippen LogP contribution in [-0.2, 0) is 4.74 Å². The van der Waals surface area contributed by atoms with E-state index in [1.165, 1.54) is 18.2 Å². The van der Waals surface area contributed by atoms with Gasteiger partial charge in [0.1, 0.15) is 0 Å². The third-order valence-corrected chi connectivity index (χ3v) is 3.03. The van der Waals surface area contributed by atoms with Gasteiger partial charge < -0.3 is 10.5 Å². The summed E-state index contributed by atoms with van der Waals surface area (Å²) < 4.78 is 5.27. The number of hydrogen-bond acceptors (Lipinski definition) is 4. The van der Waals surface area contributed by atoms with Gasteiger partial charge >= 0.3 is 0 Å². The third kappa shape index (κ3) is 5.47. The number of amidine groups is 1. The Balaban J connectivity index is 1.90. The number of nitrogens with two attached hydrogens (primary N) is 1. The Kier molecular flexibility index (Phi) is 5.98. The molecule has 1 heterocycles. The smallest absolute Gasteiger partial charge is 0.151 e. The molecular weight excluding hydrogens is 198 g/mol. The van der Waals surface area contributed by atoms with E-state index in [0.717, 1.165) is 45.0 Å². The number of morpholine rings is 1. The van der Waals surface area contributed by atoms with Crippen LogP contribution in [-0.4, -0.2) is 48.7 Å². The molecule has 0 bridgehead atoms. The SMILES string of the molecule is N=C(N)SCCCCN1CCOCC1. The van der Waals surface area contributed by atoms with Crippen LogP contribution in [0.25, 0.3) is 0 Å². The number of hydrogen-bond donors (Lipinski definition) is 2. The van der Waals surface area contributed by atoms with Crippen molar-refractivity contribution in [1.29, 1.82) is 5.41 Å². The lowest BCUT2D eigenvalue weighted by Crippen LogP contribution is -2.36. The van der Waals surface area contributed by atoms with Gasteiger partial charge in [-0.1, -0.05) is 11.8 Å². The Morgan fingerprint density at radius 1 is 1.36 bits per heavy atom. The van der Waals surface area contributed by atoms with Crippen LogP contribution in [0.1, 0.15) is 12.8 Å². The van der Waals surface area contributed by atoms with Crippen molar-refractivity contribution in [2.24, 2.45) is 5.73 Å². The standard InChI is InChI=1S/C9H19N3OS/c10-9(11)14-8-2-1-3-12-4-6-13-7-5-12/h1-8H2,(H3,10,11). The summed E-state index contributed by atoms with van der Waals surface area (Å²) in [6, 6.07) is 0. The Morgan fingerprint density at radius 3 is 2.71 bits per heavy atom. The molecule has 0 aromatic carbocycles. The quantitative estimate of drug-likeness (QED) is 0.405. The monoisotopic (exact) mass is 217 g/mol. The van der Waals surface area contributed by atoms with Crippen molar-refractivity contribution < 1.29 is 4.74 Å². The van der Waals surface area contributed by atoms with E-state index in [2.05, 4.69) is 4.90 Å². The zero-order valence-electron chi connectivity index (χ0n) is 8.50. The number of nitrogens with one attached hydrogen (secondary N) is 1. The summed E-state index contributed by atoms with van der Waals surface area (Å²) in [5, 5.41) is 7.27. The molecule has 1 rings (SSSR count). The van der Waals surface area contributed by atoms with Crippen molar-refractivity contribution in [2.45, 2.75) is 12.8 Å². The minimum absolute atomic E-state index is 0.233. The van der Waals surface area contributed by atoms with Crippen LogP contribution in [0.4, 0.5) is 0 Å². The molecule has 0 saturated carbocycles. The van der Waals surface area contributed by atoms with E-state index in [-0.39, 0.29) is 5.17 Å². The van der Waals surface area contributed by atoms with Crippen LogP contribution in [0.15, 0.2) is 0 Å². The lowest BCUT2D eigenvalue weighted by Gasteiger charge is -2.26. The van der Waals surface area contributed by atoms with Gasteiger partial charge in [0, 0.05) is 18.8 Å². The topological polar surface area (TPSA) is 62.3 Å². The molecule has 0 unspecified atom stereocenters. The number of unbranched alkanes of at least 4 members (excludes halogenated alkanes) is 1. The Hall–Kier alpha value is -0.260. The lowest BCUT2D eigenvalue weighted by molar-refractivity contribution is 0.0374. The molecule has 1 aliphatic heterocycles. The highest BCUT2D eigenvalue weighted by atomic mass is 32.2. The van der Waals surface area contributed by atoms with Crippen molar-refractivity contribution in [3.63, 3.8) is 0 Å². The van der Waals surface area contributed by atoms with E-state index in [1.807, 2.05) is 0 Å². The first-order valence-electron chi connectivity index (χ1n) is 5.06. The molecular formula is C9H19N3OS. The van der Waals surface area contributed by atoms with Gasteiger partial charge in [0.25, 0.3) is 0 Å². The van der Waals surface area contributed by atoms with Crippen molar-refractivity contribution in [3.05, 3.63) is 0 Å². The van der Waals surface area contributed by atoms with Gasteiger partial charge in [-0.3, -0.25) is 10.3 Å². The van der Waals surface area contributed by atoms with E-state index >= 15 is 0 Å². The van der Waals surface area contributed by atoms with Crippen molar-refractivity contribution in [1.82, 2.24) is 4.90 Å². The second-order valence-electron chi connectivity index (χ2n) is 3.37. The Bertz CT molecular complexity index is 171. The predicted octanol–water partition coefficient (Wildman–Crippen LogP) is 0.725. The average Bonchev–Trinajstić information content (AvgIpc) is 2.18. The van der Waals surface area contributed by atoms with E-state index in [9.17, 15) is 0 Å². The molecule has 3 N–H and O–H groups in total. The third-order valence-electron chi connectivity index (χ3n) is 2.23. The van der Waals surface area contributed by atoms with Gasteiger partial charge in [-0.2, -0.15) is 0 Å². The maximum atomic E-state index is 7.04. The summed E-state index contributed by atoms with van der Waals surface area (Å²) in [6.07, 6.45) is 2.34. The molecule has 0 spiro atoms. The number of nitrogens with zero attached hydrogens (tertiary/aromatic N) is 1. The molecule has 5 heteroatoms. The van der Waals surface area contributed by atoms with Crippen LogP contribution in [0.3, 0.4) is 0 Å². The minimum Gasteiger partial charge on any atom is -0.379 e. The van der Waals surface area contributed by atoms with Gasteiger partial charge in [-0.05, 0) is 19.4 Å². The molecule has 1 aliphatic rings. The van der Waals surface area contributed by atoms with E-state index in [1.54, 1.807) is 0 Å². The van der Waals surface area contributed by atoms with Crippen LogP contribution >= 0.6 is 11.8 Å². The normalized spacial score (nSPS) is 18.3. The molecule has 4 nitrogen and oxygen atoms in total. The maximum absolute atomic E-state index is 7.04. The predicted molar refractivity (Wildman–Crippen MR) is 60.9 cm³/mol. The van der Waals surface area contributed by atoms with E-state index < -0.39 is 0 Å². The van der Waals surface area contributed by atoms with Crippen LogP contribution in [0.2, 0.25) is 0 Å². The summed E-state index contributed by atoms with van der Waals surface area (Å²) in [5.74, 6) is 0.972. The first kappa shape index (κ1) is 11.8. The second-order valence-corrected chi connectivity index (χ2v) is 4.51. The largest absolute Gasteiger partial charge is 0.379 e. The molecule has 82 valence electrons. The van der Waals surface area contributed by atoms with Gasteiger partial charge in [-0.25, -0.2) is 0 Å².